The smallest absolute Gasteiger partial charge is 0.251 e. The van der Waals surface area contributed by atoms with E-state index in [0.29, 0.717) is 35.2 Å². The molecule has 0 fully saturated rings. The molecule has 0 spiro atoms. The number of amides is 1. The zero-order valence-electron chi connectivity index (χ0n) is 16.7. The lowest BCUT2D eigenvalue weighted by atomic mass is 10.2. The molecule has 4 rings (SSSR count). The molecule has 2 N–H and O–H groups in total. The summed E-state index contributed by atoms with van der Waals surface area (Å²) >= 11 is 0. The summed E-state index contributed by atoms with van der Waals surface area (Å²) < 4.78 is 21.8. The minimum Gasteiger partial charge on any atom is -0.491 e. The van der Waals surface area contributed by atoms with Gasteiger partial charge in [-0.2, -0.15) is 0 Å². The molecule has 2 heterocycles. The molecule has 1 unspecified atom stereocenters. The van der Waals surface area contributed by atoms with Crippen molar-refractivity contribution in [3.63, 3.8) is 0 Å². The van der Waals surface area contributed by atoms with Gasteiger partial charge in [0.2, 0.25) is 6.79 Å². The molecule has 0 bridgehead atoms. The van der Waals surface area contributed by atoms with Crippen LogP contribution in [0, 0.1) is 0 Å². The summed E-state index contributed by atoms with van der Waals surface area (Å²) in [5.41, 5.74) is 1.37. The maximum absolute atomic E-state index is 12.4. The first kappa shape index (κ1) is 20.5. The number of aliphatic hydroxyl groups is 1. The Morgan fingerprint density at radius 1 is 1.06 bits per heavy atom. The average molecular weight is 422 g/mol. The first-order valence-electron chi connectivity index (χ1n) is 9.78. The minimum atomic E-state index is -0.876. The Morgan fingerprint density at radius 3 is 2.81 bits per heavy atom. The topological polar surface area (TPSA) is 99.1 Å². The van der Waals surface area contributed by atoms with Gasteiger partial charge in [-0.1, -0.05) is 12.1 Å². The van der Waals surface area contributed by atoms with Gasteiger partial charge in [-0.15, -0.1) is 0 Å². The van der Waals surface area contributed by atoms with Crippen LogP contribution in [-0.4, -0.2) is 42.0 Å². The molecule has 1 aliphatic heterocycles. The molecule has 1 aliphatic rings. The van der Waals surface area contributed by atoms with Crippen LogP contribution in [0.3, 0.4) is 0 Å². The number of aromatic nitrogens is 1. The number of nitrogens with one attached hydrogen (secondary N) is 1. The Labute approximate surface area is 179 Å². The third-order valence-corrected chi connectivity index (χ3v) is 4.51. The Bertz CT molecular complexity index is 1030. The fourth-order valence-corrected chi connectivity index (χ4v) is 2.91. The van der Waals surface area contributed by atoms with E-state index in [1.165, 1.54) is 0 Å². The molecule has 8 nitrogen and oxygen atoms in total. The van der Waals surface area contributed by atoms with Crippen LogP contribution in [0.1, 0.15) is 15.9 Å². The van der Waals surface area contributed by atoms with Crippen molar-refractivity contribution < 1.29 is 28.8 Å². The van der Waals surface area contributed by atoms with Crippen LogP contribution in [0.2, 0.25) is 0 Å². The van der Waals surface area contributed by atoms with Crippen molar-refractivity contribution in [3.8, 4) is 23.0 Å². The second-order valence-electron chi connectivity index (χ2n) is 6.87. The summed E-state index contributed by atoms with van der Waals surface area (Å²) in [6, 6.07) is 15.8. The second-order valence-corrected chi connectivity index (χ2v) is 6.87. The van der Waals surface area contributed by atoms with Crippen LogP contribution in [-0.2, 0) is 6.61 Å². The number of nitrogens with zero attached hydrogens (tertiary/aromatic N) is 1. The highest BCUT2D eigenvalue weighted by Gasteiger charge is 2.15. The molecule has 2 aromatic carbocycles. The maximum atomic E-state index is 12.4. The molecular formula is C23H22N2O6. The highest BCUT2D eigenvalue weighted by molar-refractivity contribution is 5.94. The van der Waals surface area contributed by atoms with Crippen molar-refractivity contribution in [2.24, 2.45) is 0 Å². The summed E-state index contributed by atoms with van der Waals surface area (Å²) in [6.45, 7) is 0.607. The van der Waals surface area contributed by atoms with Gasteiger partial charge < -0.3 is 29.4 Å². The summed E-state index contributed by atoms with van der Waals surface area (Å²) in [6.07, 6.45) is 2.55. The van der Waals surface area contributed by atoms with E-state index in [4.69, 9.17) is 18.9 Å². The van der Waals surface area contributed by atoms with Crippen molar-refractivity contribution in [1.29, 1.82) is 0 Å². The molecule has 31 heavy (non-hydrogen) atoms. The van der Waals surface area contributed by atoms with Gasteiger partial charge in [-0.05, 0) is 36.4 Å². The number of carbonyl (C=O) groups is 1. The van der Waals surface area contributed by atoms with E-state index in [9.17, 15) is 9.90 Å². The SMILES string of the molecule is O=C(NCC(O)COc1ccc2c(c1)OCO2)c1cccc(OCc2cccnc2)c1. The van der Waals surface area contributed by atoms with Gasteiger partial charge in [-0.3, -0.25) is 9.78 Å². The quantitative estimate of drug-likeness (QED) is 0.547. The van der Waals surface area contributed by atoms with E-state index in [0.717, 1.165) is 5.56 Å². The first-order valence-corrected chi connectivity index (χ1v) is 9.78. The van der Waals surface area contributed by atoms with Gasteiger partial charge in [0, 0.05) is 36.1 Å². The predicted molar refractivity (Wildman–Crippen MR) is 111 cm³/mol. The number of carbonyl (C=O) groups excluding carboxylic acids is 1. The van der Waals surface area contributed by atoms with Crippen molar-refractivity contribution >= 4 is 5.91 Å². The van der Waals surface area contributed by atoms with Crippen LogP contribution in [0.5, 0.6) is 23.0 Å². The lowest BCUT2D eigenvalue weighted by molar-refractivity contribution is 0.0843. The average Bonchev–Trinajstić information content (AvgIpc) is 3.28. The van der Waals surface area contributed by atoms with Gasteiger partial charge in [-0.25, -0.2) is 0 Å². The third kappa shape index (κ3) is 5.64. The summed E-state index contributed by atoms with van der Waals surface area (Å²) in [7, 11) is 0. The van der Waals surface area contributed by atoms with Gasteiger partial charge in [0.15, 0.2) is 11.5 Å². The zero-order valence-corrected chi connectivity index (χ0v) is 16.7. The Kier molecular flexibility index (Phi) is 6.49. The Morgan fingerprint density at radius 2 is 1.94 bits per heavy atom. The normalized spacial score (nSPS) is 12.8. The van der Waals surface area contributed by atoms with E-state index in [1.807, 2.05) is 12.1 Å². The van der Waals surface area contributed by atoms with Crippen molar-refractivity contribution in [3.05, 3.63) is 78.1 Å². The van der Waals surface area contributed by atoms with Gasteiger partial charge in [0.25, 0.3) is 5.91 Å². The summed E-state index contributed by atoms with van der Waals surface area (Å²) in [4.78, 5) is 16.5. The predicted octanol–water partition coefficient (Wildman–Crippen LogP) is 2.56. The van der Waals surface area contributed by atoms with Crippen molar-refractivity contribution in [2.45, 2.75) is 12.7 Å². The standard InChI is InChI=1S/C23H22N2O6/c26-18(14-29-20-6-7-21-22(10-20)31-15-30-21)12-25-23(27)17-4-1-5-19(9-17)28-13-16-3-2-8-24-11-16/h1-11,18,26H,12-15H2,(H,25,27). The minimum absolute atomic E-state index is 0.0220. The number of rotatable bonds is 9. The highest BCUT2D eigenvalue weighted by Crippen LogP contribution is 2.35. The van der Waals surface area contributed by atoms with Gasteiger partial charge in [0.05, 0.1) is 0 Å². The molecule has 0 saturated heterocycles. The van der Waals surface area contributed by atoms with Crippen molar-refractivity contribution in [2.75, 3.05) is 19.9 Å². The van der Waals surface area contributed by atoms with Crippen LogP contribution in [0.4, 0.5) is 0 Å². The molecular weight excluding hydrogens is 400 g/mol. The van der Waals surface area contributed by atoms with Crippen LogP contribution in [0.25, 0.3) is 0 Å². The molecule has 0 radical (unpaired) electrons. The van der Waals surface area contributed by atoms with Crippen LogP contribution < -0.4 is 24.3 Å². The van der Waals surface area contributed by atoms with E-state index < -0.39 is 6.10 Å². The second kappa shape index (κ2) is 9.82. The van der Waals surface area contributed by atoms with E-state index in [-0.39, 0.29) is 25.9 Å². The lowest BCUT2D eigenvalue weighted by Crippen LogP contribution is -2.35. The molecule has 0 aliphatic carbocycles. The van der Waals surface area contributed by atoms with Crippen LogP contribution >= 0.6 is 0 Å². The fraction of sp³-hybridized carbons (Fsp3) is 0.217. The van der Waals surface area contributed by atoms with Crippen LogP contribution in [0.15, 0.2) is 67.0 Å². The molecule has 0 saturated carbocycles. The highest BCUT2D eigenvalue weighted by atomic mass is 16.7. The number of benzene rings is 2. The van der Waals surface area contributed by atoms with E-state index >= 15 is 0 Å². The summed E-state index contributed by atoms with van der Waals surface area (Å²) in [5, 5.41) is 12.8. The zero-order chi connectivity index (χ0) is 21.5. The third-order valence-electron chi connectivity index (χ3n) is 4.51. The summed E-state index contributed by atoms with van der Waals surface area (Å²) in [5.74, 6) is 2.07. The number of aliphatic hydroxyl groups excluding tert-OH is 1. The Hall–Kier alpha value is -3.78. The number of ether oxygens (including phenoxy) is 4. The molecule has 1 amide bonds. The number of hydrogen-bond donors (Lipinski definition) is 2. The monoisotopic (exact) mass is 422 g/mol. The fourth-order valence-electron chi connectivity index (χ4n) is 2.91. The number of fused-ring (bicyclic) bond motifs is 1. The first-order chi connectivity index (χ1) is 15.2. The molecule has 8 heteroatoms. The molecule has 1 atom stereocenters. The molecule has 3 aromatic rings. The van der Waals surface area contributed by atoms with E-state index in [1.54, 1.807) is 54.9 Å². The largest absolute Gasteiger partial charge is 0.491 e. The maximum Gasteiger partial charge on any atom is 0.251 e. The van der Waals surface area contributed by atoms with E-state index in [2.05, 4.69) is 10.3 Å². The molecule has 160 valence electrons. The van der Waals surface area contributed by atoms with Crippen molar-refractivity contribution in [1.82, 2.24) is 10.3 Å². The Balaban J connectivity index is 1.23. The number of hydrogen-bond acceptors (Lipinski definition) is 7. The number of pyridine rings is 1. The van der Waals surface area contributed by atoms with Gasteiger partial charge >= 0.3 is 0 Å². The lowest BCUT2D eigenvalue weighted by Gasteiger charge is -2.14. The molecule has 1 aromatic heterocycles. The van der Waals surface area contributed by atoms with Gasteiger partial charge in [0.1, 0.15) is 30.8 Å².